The summed E-state index contributed by atoms with van der Waals surface area (Å²) >= 11 is 6.57. The number of hydrogen-bond donors (Lipinski definition) is 1. The molecule has 20 heteroatoms. The van der Waals surface area contributed by atoms with Crippen molar-refractivity contribution in [3.05, 3.63) is 106 Å². The van der Waals surface area contributed by atoms with Crippen LogP contribution in [0.1, 0.15) is 28.7 Å². The summed E-state index contributed by atoms with van der Waals surface area (Å²) in [5, 5.41) is 11.2. The van der Waals surface area contributed by atoms with Crippen LogP contribution in [-0.2, 0) is 45.9 Å². The first-order chi connectivity index (χ1) is 27.6. The molecule has 0 aliphatic carbocycles. The molecule has 1 fully saturated rings. The number of hydrogen-bond acceptors (Lipinski definition) is 12. The van der Waals surface area contributed by atoms with Gasteiger partial charge in [-0.05, 0) is 79.9 Å². The lowest BCUT2D eigenvalue weighted by Crippen LogP contribution is -2.59. The van der Waals surface area contributed by atoms with E-state index in [9.17, 15) is 39.9 Å². The predicted octanol–water partition coefficient (Wildman–Crippen LogP) is 5.01. The lowest BCUT2D eigenvalue weighted by molar-refractivity contribution is -0.275. The van der Waals surface area contributed by atoms with Crippen molar-refractivity contribution >= 4 is 49.2 Å². The SMILES string of the molecule is COc1ccc(S(=O)(=O)N2C(=O)C(c3cc(CCOS(=O)(=O)c4ccc(C)cc4)ccc3OC)(N3C[C@H](O)C[C@H]3C(=O)N(C)C)c3cc(Cl)ccc32)c(OC(F)(F)F)c1. The lowest BCUT2D eigenvalue weighted by atomic mass is 9.80. The molecule has 4 aromatic carbocycles. The van der Waals surface area contributed by atoms with Gasteiger partial charge in [-0.15, -0.1) is 13.2 Å². The van der Waals surface area contributed by atoms with Crippen molar-refractivity contribution in [3.63, 3.8) is 0 Å². The number of alkyl halides is 3. The molecule has 0 aromatic heterocycles. The normalized spacial score (nSPS) is 19.8. The number of β-amino-alcohol motifs (C(OH)–C–C–N with tert-alkyl or cyclic N) is 1. The largest absolute Gasteiger partial charge is 0.573 e. The number of fused-ring (bicyclic) bond motifs is 1. The van der Waals surface area contributed by atoms with Crippen molar-refractivity contribution in [1.29, 1.82) is 0 Å². The van der Waals surface area contributed by atoms with E-state index in [2.05, 4.69) is 4.74 Å². The van der Waals surface area contributed by atoms with Crippen molar-refractivity contribution in [2.24, 2.45) is 0 Å². The molecular weight excluding hydrogens is 843 g/mol. The molecule has 1 saturated heterocycles. The number of benzene rings is 4. The minimum atomic E-state index is -5.37. The molecule has 0 spiro atoms. The third-order valence-corrected chi connectivity index (χ3v) is 13.3. The maximum atomic E-state index is 15.7. The highest BCUT2D eigenvalue weighted by molar-refractivity contribution is 7.93. The minimum Gasteiger partial charge on any atom is -0.497 e. The maximum absolute atomic E-state index is 15.7. The number of likely N-dealkylation sites (tertiary alicyclic amines) is 1. The summed E-state index contributed by atoms with van der Waals surface area (Å²) in [5.74, 6) is -3.26. The molecule has 2 aliphatic heterocycles. The molecule has 2 amide bonds. The molecule has 1 unspecified atom stereocenters. The van der Waals surface area contributed by atoms with E-state index in [1.54, 1.807) is 25.1 Å². The summed E-state index contributed by atoms with van der Waals surface area (Å²) in [7, 11) is -4.24. The van der Waals surface area contributed by atoms with Crippen LogP contribution in [0.2, 0.25) is 5.02 Å². The van der Waals surface area contributed by atoms with Crippen LogP contribution in [0, 0.1) is 6.92 Å². The molecule has 14 nitrogen and oxygen atoms in total. The Hall–Kier alpha value is -4.92. The van der Waals surface area contributed by atoms with E-state index in [0.29, 0.717) is 15.9 Å². The lowest BCUT2D eigenvalue weighted by Gasteiger charge is -2.42. The van der Waals surface area contributed by atoms with Gasteiger partial charge in [-0.1, -0.05) is 35.4 Å². The van der Waals surface area contributed by atoms with Gasteiger partial charge in [0.2, 0.25) is 5.91 Å². The Morgan fingerprint density at radius 3 is 2.25 bits per heavy atom. The summed E-state index contributed by atoms with van der Waals surface area (Å²) < 4.78 is 118. The van der Waals surface area contributed by atoms with Crippen molar-refractivity contribution < 1.29 is 63.1 Å². The van der Waals surface area contributed by atoms with Gasteiger partial charge in [0.25, 0.3) is 26.0 Å². The van der Waals surface area contributed by atoms with Gasteiger partial charge in [0.15, 0.2) is 11.3 Å². The second kappa shape index (κ2) is 16.3. The molecule has 4 aromatic rings. The summed E-state index contributed by atoms with van der Waals surface area (Å²) in [6.45, 7) is 1.03. The second-order valence-electron chi connectivity index (χ2n) is 14.0. The van der Waals surface area contributed by atoms with Crippen molar-refractivity contribution in [3.8, 4) is 17.2 Å². The van der Waals surface area contributed by atoms with E-state index in [-0.39, 0.29) is 64.2 Å². The van der Waals surface area contributed by atoms with E-state index in [4.69, 9.17) is 25.3 Å². The molecule has 3 atom stereocenters. The number of aliphatic hydroxyl groups is 1. The molecule has 2 aliphatic rings. The van der Waals surface area contributed by atoms with Gasteiger partial charge in [-0.3, -0.25) is 18.7 Å². The smallest absolute Gasteiger partial charge is 0.497 e. The fraction of sp³-hybridized carbons (Fsp3) is 0.333. The first-order valence-electron chi connectivity index (χ1n) is 17.8. The van der Waals surface area contributed by atoms with E-state index in [0.717, 1.165) is 24.8 Å². The summed E-state index contributed by atoms with van der Waals surface area (Å²) in [6, 6.07) is 15.5. The Morgan fingerprint density at radius 1 is 0.932 bits per heavy atom. The summed E-state index contributed by atoms with van der Waals surface area (Å²) in [6.07, 6.45) is -6.89. The van der Waals surface area contributed by atoms with Crippen LogP contribution >= 0.6 is 11.6 Å². The number of sulfonamides is 1. The van der Waals surface area contributed by atoms with Crippen LogP contribution in [0.25, 0.3) is 0 Å². The first kappa shape index (κ1) is 43.7. The highest BCUT2D eigenvalue weighted by atomic mass is 35.5. The highest BCUT2D eigenvalue weighted by Crippen LogP contribution is 2.55. The molecule has 0 radical (unpaired) electrons. The van der Waals surface area contributed by atoms with Crippen LogP contribution in [0.5, 0.6) is 17.2 Å². The zero-order valence-electron chi connectivity index (χ0n) is 32.2. The zero-order chi connectivity index (χ0) is 43.2. The Kier molecular flexibility index (Phi) is 12.0. The number of amides is 2. The Labute approximate surface area is 343 Å². The minimum absolute atomic E-state index is 0.00535. The number of methoxy groups -OCH3 is 2. The molecule has 6 rings (SSSR count). The monoisotopic (exact) mass is 881 g/mol. The van der Waals surface area contributed by atoms with Crippen LogP contribution in [-0.4, -0.2) is 104 Å². The quantitative estimate of drug-likeness (QED) is 0.179. The molecule has 316 valence electrons. The standard InChI is InChI=1S/C39H39ClF3N3O11S2/c1-23-6-11-28(12-7-23)59(52,53)56-17-16-24-8-14-33(55-5)30(18-24)38(45-22-26(47)20-32(45)36(48)44(2)3)29-19-25(40)9-13-31(29)46(37(38)49)58(50,51)35-15-10-27(54-4)21-34(35)57-39(41,42)43/h6-15,18-19,21,26,32,47H,16-17,20,22H2,1-5H3/t26-,32+,38?/m1/s1. The number of likely N-dealkylation sites (N-methyl/N-ethyl adjacent to an activating group) is 1. The summed E-state index contributed by atoms with van der Waals surface area (Å²) in [5.41, 5.74) is -1.72. The number of nitrogens with zero attached hydrogens (tertiary/aromatic N) is 3. The van der Waals surface area contributed by atoms with Gasteiger partial charge in [0.1, 0.15) is 16.4 Å². The Bertz CT molecular complexity index is 2510. The Balaban J connectivity index is 1.58. The molecule has 0 saturated carbocycles. The van der Waals surface area contributed by atoms with E-state index in [1.807, 2.05) is 0 Å². The maximum Gasteiger partial charge on any atom is 0.573 e. The third kappa shape index (κ3) is 8.18. The van der Waals surface area contributed by atoms with Gasteiger partial charge in [0, 0.05) is 42.9 Å². The number of anilines is 1. The van der Waals surface area contributed by atoms with Gasteiger partial charge in [-0.25, -0.2) is 12.7 Å². The number of aliphatic hydroxyl groups excluding tert-OH is 1. The van der Waals surface area contributed by atoms with E-state index < -0.39 is 66.6 Å². The van der Waals surface area contributed by atoms with Crippen LogP contribution in [0.15, 0.2) is 88.7 Å². The van der Waals surface area contributed by atoms with Crippen LogP contribution in [0.3, 0.4) is 0 Å². The number of ether oxygens (including phenoxy) is 3. The second-order valence-corrected chi connectivity index (χ2v) is 17.8. The number of rotatable bonds is 13. The Morgan fingerprint density at radius 2 is 1.63 bits per heavy atom. The van der Waals surface area contributed by atoms with Crippen molar-refractivity contribution in [2.75, 3.05) is 45.8 Å². The topological polar surface area (TPSA) is 169 Å². The highest BCUT2D eigenvalue weighted by Gasteiger charge is 2.64. The third-order valence-electron chi connectivity index (χ3n) is 9.98. The van der Waals surface area contributed by atoms with Crippen molar-refractivity contribution in [2.45, 2.75) is 53.6 Å². The van der Waals surface area contributed by atoms with E-state index >= 15 is 4.79 Å². The molecule has 59 heavy (non-hydrogen) atoms. The molecule has 0 bridgehead atoms. The number of carbonyl (C=O) groups excluding carboxylic acids is 2. The van der Waals surface area contributed by atoms with Crippen molar-refractivity contribution in [1.82, 2.24) is 9.80 Å². The molecular formula is C39H39ClF3N3O11S2. The van der Waals surface area contributed by atoms with Crippen LogP contribution < -0.4 is 18.5 Å². The van der Waals surface area contributed by atoms with Gasteiger partial charge in [-0.2, -0.15) is 8.42 Å². The number of aryl methyl sites for hydroxylation is 1. The fourth-order valence-corrected chi connectivity index (χ4v) is 10.0. The fourth-order valence-electron chi connectivity index (χ4n) is 7.36. The average Bonchev–Trinajstić information content (AvgIpc) is 3.68. The molecule has 2 heterocycles. The van der Waals surface area contributed by atoms with E-state index in [1.165, 1.54) is 73.5 Å². The van der Waals surface area contributed by atoms with Crippen LogP contribution in [0.4, 0.5) is 18.9 Å². The predicted molar refractivity (Wildman–Crippen MR) is 207 cm³/mol. The summed E-state index contributed by atoms with van der Waals surface area (Å²) in [4.78, 5) is 31.0. The number of halogens is 4. The average molecular weight is 882 g/mol. The van der Waals surface area contributed by atoms with Gasteiger partial charge in [0.05, 0.1) is 43.6 Å². The molecule has 1 N–H and O–H groups in total. The number of carbonyl (C=O) groups is 2. The van der Waals surface area contributed by atoms with Gasteiger partial charge >= 0.3 is 6.36 Å². The zero-order valence-corrected chi connectivity index (χ0v) is 34.6. The first-order valence-corrected chi connectivity index (χ1v) is 21.0. The van der Waals surface area contributed by atoms with Gasteiger partial charge < -0.3 is 24.2 Å².